The highest BCUT2D eigenvalue weighted by molar-refractivity contribution is 5.88. The number of fused-ring (bicyclic) bond motifs is 2. The van der Waals surface area contributed by atoms with E-state index in [1.165, 1.54) is 32.8 Å². The standard InChI is InChI=1S/C19H15N/c1-2-9-17-14(6-1)7-5-8-15(17)12-16-13-20-19-11-4-3-10-18(16)19/h1-11,13,20H,12H2. The maximum absolute atomic E-state index is 3.36. The van der Waals surface area contributed by atoms with Gasteiger partial charge in [-0.25, -0.2) is 0 Å². The first-order chi connectivity index (χ1) is 9.92. The summed E-state index contributed by atoms with van der Waals surface area (Å²) < 4.78 is 0. The van der Waals surface area contributed by atoms with E-state index in [9.17, 15) is 0 Å². The Labute approximate surface area is 117 Å². The topological polar surface area (TPSA) is 15.8 Å². The molecule has 20 heavy (non-hydrogen) atoms. The molecule has 0 atom stereocenters. The molecular formula is C19H15N. The Morgan fingerprint density at radius 1 is 0.650 bits per heavy atom. The van der Waals surface area contributed by atoms with Gasteiger partial charge in [0, 0.05) is 23.5 Å². The fraction of sp³-hybridized carbons (Fsp3) is 0.0526. The van der Waals surface area contributed by atoms with Gasteiger partial charge in [-0.2, -0.15) is 0 Å². The summed E-state index contributed by atoms with van der Waals surface area (Å²) in [7, 11) is 0. The molecule has 3 aromatic carbocycles. The van der Waals surface area contributed by atoms with Gasteiger partial charge in [-0.3, -0.25) is 0 Å². The number of nitrogens with one attached hydrogen (secondary N) is 1. The van der Waals surface area contributed by atoms with E-state index < -0.39 is 0 Å². The molecule has 96 valence electrons. The summed E-state index contributed by atoms with van der Waals surface area (Å²) in [4.78, 5) is 3.36. The van der Waals surface area contributed by atoms with Gasteiger partial charge < -0.3 is 4.98 Å². The second-order valence-electron chi connectivity index (χ2n) is 5.17. The molecule has 1 N–H and O–H groups in total. The number of rotatable bonds is 2. The van der Waals surface area contributed by atoms with E-state index in [4.69, 9.17) is 0 Å². The maximum Gasteiger partial charge on any atom is 0.0456 e. The predicted octanol–water partition coefficient (Wildman–Crippen LogP) is 4.91. The molecule has 0 radical (unpaired) electrons. The maximum atomic E-state index is 3.36. The molecular weight excluding hydrogens is 242 g/mol. The minimum Gasteiger partial charge on any atom is -0.361 e. The van der Waals surface area contributed by atoms with Gasteiger partial charge in [0.2, 0.25) is 0 Å². The van der Waals surface area contributed by atoms with Crippen LogP contribution in [0.4, 0.5) is 0 Å². The summed E-state index contributed by atoms with van der Waals surface area (Å²) in [5.74, 6) is 0. The number of benzene rings is 3. The summed E-state index contributed by atoms with van der Waals surface area (Å²) in [5.41, 5.74) is 3.95. The van der Waals surface area contributed by atoms with Gasteiger partial charge in [-0.15, -0.1) is 0 Å². The van der Waals surface area contributed by atoms with Crippen LogP contribution in [0.15, 0.2) is 72.9 Å². The lowest BCUT2D eigenvalue weighted by Crippen LogP contribution is -1.88. The van der Waals surface area contributed by atoms with Crippen LogP contribution in [0.5, 0.6) is 0 Å². The molecule has 0 amide bonds. The lowest BCUT2D eigenvalue weighted by molar-refractivity contribution is 1.23. The molecule has 1 heterocycles. The fourth-order valence-corrected chi connectivity index (χ4v) is 2.93. The van der Waals surface area contributed by atoms with Crippen LogP contribution in [0.25, 0.3) is 21.7 Å². The second-order valence-corrected chi connectivity index (χ2v) is 5.17. The van der Waals surface area contributed by atoms with Crippen LogP contribution in [0.2, 0.25) is 0 Å². The molecule has 0 saturated carbocycles. The van der Waals surface area contributed by atoms with E-state index in [1.807, 2.05) is 0 Å². The number of aromatic nitrogens is 1. The van der Waals surface area contributed by atoms with Crippen molar-refractivity contribution in [3.8, 4) is 0 Å². The van der Waals surface area contributed by atoms with Crippen LogP contribution in [0, 0.1) is 0 Å². The molecule has 0 saturated heterocycles. The van der Waals surface area contributed by atoms with Crippen LogP contribution in [-0.4, -0.2) is 4.98 Å². The van der Waals surface area contributed by atoms with Gasteiger partial charge in [0.25, 0.3) is 0 Å². The third-order valence-electron chi connectivity index (χ3n) is 3.94. The second kappa shape index (κ2) is 4.53. The van der Waals surface area contributed by atoms with Crippen molar-refractivity contribution in [1.82, 2.24) is 4.98 Å². The Morgan fingerprint density at radius 2 is 1.40 bits per heavy atom. The average Bonchev–Trinajstić information content (AvgIpc) is 2.91. The van der Waals surface area contributed by atoms with Gasteiger partial charge >= 0.3 is 0 Å². The Bertz CT molecular complexity index is 881. The van der Waals surface area contributed by atoms with Gasteiger partial charge in [-0.1, -0.05) is 60.7 Å². The van der Waals surface area contributed by atoms with Gasteiger partial charge in [0.05, 0.1) is 0 Å². The summed E-state index contributed by atoms with van der Waals surface area (Å²) in [6.07, 6.45) is 3.10. The normalized spacial score (nSPS) is 11.2. The zero-order valence-corrected chi connectivity index (χ0v) is 11.1. The van der Waals surface area contributed by atoms with Crippen molar-refractivity contribution in [1.29, 1.82) is 0 Å². The van der Waals surface area contributed by atoms with Crippen molar-refractivity contribution in [2.75, 3.05) is 0 Å². The molecule has 4 rings (SSSR count). The van der Waals surface area contributed by atoms with E-state index in [-0.39, 0.29) is 0 Å². The van der Waals surface area contributed by atoms with E-state index in [0.29, 0.717) is 0 Å². The number of hydrogen-bond acceptors (Lipinski definition) is 0. The fourth-order valence-electron chi connectivity index (χ4n) is 2.93. The first kappa shape index (κ1) is 11.3. The molecule has 0 fully saturated rings. The smallest absolute Gasteiger partial charge is 0.0456 e. The highest BCUT2D eigenvalue weighted by atomic mass is 14.7. The van der Waals surface area contributed by atoms with Crippen LogP contribution >= 0.6 is 0 Å². The number of aromatic amines is 1. The van der Waals surface area contributed by atoms with Crippen molar-refractivity contribution in [3.05, 3.63) is 84.1 Å². The quantitative estimate of drug-likeness (QED) is 0.525. The molecule has 0 aliphatic rings. The Morgan fingerprint density at radius 3 is 2.35 bits per heavy atom. The van der Waals surface area contributed by atoms with Crippen molar-refractivity contribution >= 4 is 21.7 Å². The lowest BCUT2D eigenvalue weighted by atomic mass is 9.98. The zero-order chi connectivity index (χ0) is 13.4. The molecule has 4 aromatic rings. The summed E-state index contributed by atoms with van der Waals surface area (Å²) in [5, 5.41) is 3.98. The van der Waals surface area contributed by atoms with Crippen LogP contribution in [0.3, 0.4) is 0 Å². The minimum atomic E-state index is 0.964. The Balaban J connectivity index is 1.85. The zero-order valence-electron chi connectivity index (χ0n) is 11.1. The average molecular weight is 257 g/mol. The molecule has 1 nitrogen and oxygen atoms in total. The Hall–Kier alpha value is -2.54. The van der Waals surface area contributed by atoms with E-state index in [1.54, 1.807) is 0 Å². The molecule has 0 aliphatic heterocycles. The first-order valence-corrected chi connectivity index (χ1v) is 6.93. The van der Waals surface area contributed by atoms with Crippen LogP contribution < -0.4 is 0 Å². The third-order valence-corrected chi connectivity index (χ3v) is 3.94. The number of para-hydroxylation sites is 1. The molecule has 1 heteroatoms. The molecule has 0 aliphatic carbocycles. The van der Waals surface area contributed by atoms with Crippen molar-refractivity contribution in [2.24, 2.45) is 0 Å². The summed E-state index contributed by atoms with van der Waals surface area (Å²) in [6, 6.07) is 23.6. The lowest BCUT2D eigenvalue weighted by Gasteiger charge is -2.06. The van der Waals surface area contributed by atoms with Crippen molar-refractivity contribution in [2.45, 2.75) is 6.42 Å². The number of H-pyrrole nitrogens is 1. The van der Waals surface area contributed by atoms with E-state index >= 15 is 0 Å². The first-order valence-electron chi connectivity index (χ1n) is 6.93. The Kier molecular flexibility index (Phi) is 2.56. The van der Waals surface area contributed by atoms with Crippen molar-refractivity contribution < 1.29 is 0 Å². The third kappa shape index (κ3) is 1.79. The predicted molar refractivity (Wildman–Crippen MR) is 85.1 cm³/mol. The highest BCUT2D eigenvalue weighted by Crippen LogP contribution is 2.25. The largest absolute Gasteiger partial charge is 0.361 e. The summed E-state index contributed by atoms with van der Waals surface area (Å²) >= 11 is 0. The van der Waals surface area contributed by atoms with Crippen LogP contribution in [-0.2, 0) is 6.42 Å². The monoisotopic (exact) mass is 257 g/mol. The SMILES string of the molecule is c1ccc2c(Cc3c[nH]c4ccccc34)cccc2c1. The van der Waals surface area contributed by atoms with E-state index in [2.05, 4.69) is 77.9 Å². The van der Waals surface area contributed by atoms with Crippen LogP contribution in [0.1, 0.15) is 11.1 Å². The van der Waals surface area contributed by atoms with Crippen molar-refractivity contribution in [3.63, 3.8) is 0 Å². The van der Waals surface area contributed by atoms with Gasteiger partial charge in [0.1, 0.15) is 0 Å². The van der Waals surface area contributed by atoms with E-state index in [0.717, 1.165) is 6.42 Å². The molecule has 0 bridgehead atoms. The highest BCUT2D eigenvalue weighted by Gasteiger charge is 2.06. The summed E-state index contributed by atoms with van der Waals surface area (Å²) in [6.45, 7) is 0. The number of hydrogen-bond donors (Lipinski definition) is 1. The van der Waals surface area contributed by atoms with Gasteiger partial charge in [-0.05, 0) is 28.0 Å². The molecule has 0 unspecified atom stereocenters. The molecule has 0 spiro atoms. The minimum absolute atomic E-state index is 0.964. The molecule has 1 aromatic heterocycles. The van der Waals surface area contributed by atoms with Gasteiger partial charge in [0.15, 0.2) is 0 Å².